The molecule has 0 rings (SSSR count). The van der Waals surface area contributed by atoms with Gasteiger partial charge >= 0.3 is 7.68 Å². The summed E-state index contributed by atoms with van der Waals surface area (Å²) < 4.78 is 21.2. The molecular weight excluding hydrogens is 161 g/mol. The molecule has 0 saturated carbocycles. The third-order valence-corrected chi connectivity index (χ3v) is 2.62. The molecule has 0 aliphatic heterocycles. The third-order valence-electron chi connectivity index (χ3n) is 1.54. The molecule has 3 nitrogen and oxygen atoms in total. The van der Waals surface area contributed by atoms with E-state index in [0.29, 0.717) is 0 Å². The highest BCUT2D eigenvalue weighted by atomic mass is 31.1. The lowest BCUT2D eigenvalue weighted by Gasteiger charge is -2.16. The summed E-state index contributed by atoms with van der Waals surface area (Å²) in [6.45, 7) is 6.20. The van der Waals surface area contributed by atoms with Crippen molar-refractivity contribution < 1.29 is 9.13 Å². The highest BCUT2D eigenvalue weighted by Crippen LogP contribution is 2.24. The van der Waals surface area contributed by atoms with Gasteiger partial charge in [0.1, 0.15) is 5.28 Å². The van der Waals surface area contributed by atoms with Crippen LogP contribution in [0.5, 0.6) is 0 Å². The van der Waals surface area contributed by atoms with Gasteiger partial charge in [-0.3, -0.25) is 5.32 Å². The van der Waals surface area contributed by atoms with Gasteiger partial charge in [0.15, 0.2) is 0 Å². The van der Waals surface area contributed by atoms with Crippen LogP contribution in [0, 0.1) is 0 Å². The molecule has 0 saturated heterocycles. The van der Waals surface area contributed by atoms with E-state index >= 15 is 0 Å². The summed E-state index contributed by atoms with van der Waals surface area (Å²) in [7, 11) is -2.37. The van der Waals surface area contributed by atoms with Crippen molar-refractivity contribution in [1.82, 2.24) is 5.32 Å². The first-order chi connectivity index (χ1) is 5.00. The zero-order valence-electron chi connectivity index (χ0n) is 7.39. The van der Waals surface area contributed by atoms with E-state index in [1.807, 2.05) is 0 Å². The van der Waals surface area contributed by atoms with E-state index in [4.69, 9.17) is 0 Å². The van der Waals surface area contributed by atoms with Crippen LogP contribution in [0.1, 0.15) is 33.6 Å². The lowest BCUT2D eigenvalue weighted by atomic mass is 10.3. The first kappa shape index (κ1) is 10.9. The third kappa shape index (κ3) is 4.33. The molecule has 0 bridgehead atoms. The zero-order chi connectivity index (χ0) is 8.91. The lowest BCUT2D eigenvalue weighted by Crippen LogP contribution is -2.34. The van der Waals surface area contributed by atoms with Crippen LogP contribution in [-0.2, 0) is 9.13 Å². The molecule has 11 heavy (non-hydrogen) atoms. The number of unbranched alkanes of at least 4 members (excludes halogenated alkanes) is 1. The van der Waals surface area contributed by atoms with Crippen LogP contribution in [0.25, 0.3) is 0 Å². The standard InChI is InChI=1S/C7H16NO2P/c1-4-5-6-8-7(2,3)11(9)10/h8H,4-6H2,1-3H3. The highest BCUT2D eigenvalue weighted by molar-refractivity contribution is 7.32. The Morgan fingerprint density at radius 3 is 2.27 bits per heavy atom. The molecule has 66 valence electrons. The molecule has 1 N–H and O–H groups in total. The highest BCUT2D eigenvalue weighted by Gasteiger charge is 2.22. The van der Waals surface area contributed by atoms with Crippen LogP contribution in [0.15, 0.2) is 0 Å². The second kappa shape index (κ2) is 4.68. The fraction of sp³-hybridized carbons (Fsp3) is 1.00. The van der Waals surface area contributed by atoms with Gasteiger partial charge < -0.3 is 0 Å². The SMILES string of the molecule is CCCCNC(C)(C)P(=O)=O. The van der Waals surface area contributed by atoms with Gasteiger partial charge in [-0.15, -0.1) is 0 Å². The van der Waals surface area contributed by atoms with Crippen molar-refractivity contribution in [2.45, 2.75) is 38.9 Å². The van der Waals surface area contributed by atoms with Crippen molar-refractivity contribution >= 4 is 7.68 Å². The maximum absolute atomic E-state index is 10.6. The molecule has 0 aliphatic rings. The van der Waals surface area contributed by atoms with Crippen LogP contribution in [-0.4, -0.2) is 11.8 Å². The smallest absolute Gasteiger partial charge is 0.300 e. The topological polar surface area (TPSA) is 46.2 Å². The van der Waals surface area contributed by atoms with Gasteiger partial charge in [0, 0.05) is 0 Å². The lowest BCUT2D eigenvalue weighted by molar-refractivity contribution is 0.443. The Balaban J connectivity index is 3.73. The largest absolute Gasteiger partial charge is 0.335 e. The molecule has 0 aromatic carbocycles. The van der Waals surface area contributed by atoms with Crippen LogP contribution < -0.4 is 5.32 Å². The maximum Gasteiger partial charge on any atom is 0.335 e. The average molecular weight is 177 g/mol. The van der Waals surface area contributed by atoms with Gasteiger partial charge in [-0.2, -0.15) is 0 Å². The number of rotatable bonds is 5. The Kier molecular flexibility index (Phi) is 4.62. The van der Waals surface area contributed by atoms with E-state index < -0.39 is 13.0 Å². The van der Waals surface area contributed by atoms with E-state index in [2.05, 4.69) is 12.2 Å². The fourth-order valence-electron chi connectivity index (χ4n) is 0.636. The van der Waals surface area contributed by atoms with Crippen LogP contribution in [0.2, 0.25) is 0 Å². The van der Waals surface area contributed by atoms with E-state index in [9.17, 15) is 9.13 Å². The minimum Gasteiger partial charge on any atom is -0.300 e. The Hall–Kier alpha value is -0.140. The van der Waals surface area contributed by atoms with Crippen LogP contribution in [0.4, 0.5) is 0 Å². The second-order valence-electron chi connectivity index (χ2n) is 3.10. The summed E-state index contributed by atoms with van der Waals surface area (Å²) in [6.07, 6.45) is 2.10. The summed E-state index contributed by atoms with van der Waals surface area (Å²) in [5, 5.41) is 2.22. The van der Waals surface area contributed by atoms with Gasteiger partial charge in [-0.05, 0) is 26.8 Å². The molecule has 0 radical (unpaired) electrons. The summed E-state index contributed by atoms with van der Waals surface area (Å²) in [5.41, 5.74) is 0. The molecule has 4 heteroatoms. The first-order valence-corrected chi connectivity index (χ1v) is 5.08. The summed E-state index contributed by atoms with van der Waals surface area (Å²) in [6, 6.07) is 0. The monoisotopic (exact) mass is 177 g/mol. The van der Waals surface area contributed by atoms with Crippen LogP contribution >= 0.6 is 7.68 Å². The molecule has 0 unspecified atom stereocenters. The molecule has 0 atom stereocenters. The Morgan fingerprint density at radius 2 is 1.91 bits per heavy atom. The maximum atomic E-state index is 10.6. The predicted octanol–water partition coefficient (Wildman–Crippen LogP) is 2.29. The minimum atomic E-state index is -2.37. The normalized spacial score (nSPS) is 11.5. The molecule has 0 spiro atoms. The van der Waals surface area contributed by atoms with E-state index in [-0.39, 0.29) is 0 Å². The molecular formula is C7H16NO2P. The van der Waals surface area contributed by atoms with Gasteiger partial charge in [0.05, 0.1) is 0 Å². The fourth-order valence-corrected chi connectivity index (χ4v) is 0.877. The molecule has 0 fully saturated rings. The second-order valence-corrected chi connectivity index (χ2v) is 4.73. The predicted molar refractivity (Wildman–Crippen MR) is 45.3 cm³/mol. The quantitative estimate of drug-likeness (QED) is 0.517. The number of nitrogens with one attached hydrogen (secondary N) is 1. The summed E-state index contributed by atoms with van der Waals surface area (Å²) in [5.74, 6) is 0. The van der Waals surface area contributed by atoms with Gasteiger partial charge in [0.25, 0.3) is 0 Å². The van der Waals surface area contributed by atoms with Crippen molar-refractivity contribution in [3.8, 4) is 0 Å². The number of hydrogen-bond acceptors (Lipinski definition) is 3. The van der Waals surface area contributed by atoms with E-state index in [1.165, 1.54) is 0 Å². The van der Waals surface area contributed by atoms with E-state index in [1.54, 1.807) is 13.8 Å². The van der Waals surface area contributed by atoms with Crippen molar-refractivity contribution in [1.29, 1.82) is 0 Å². The summed E-state index contributed by atoms with van der Waals surface area (Å²) in [4.78, 5) is 0. The van der Waals surface area contributed by atoms with Crippen molar-refractivity contribution in [2.24, 2.45) is 0 Å². The van der Waals surface area contributed by atoms with E-state index in [0.717, 1.165) is 19.4 Å². The van der Waals surface area contributed by atoms with Crippen molar-refractivity contribution in [3.63, 3.8) is 0 Å². The Bertz CT molecular complexity index is 167. The first-order valence-electron chi connectivity index (χ1n) is 3.90. The van der Waals surface area contributed by atoms with Crippen molar-refractivity contribution in [2.75, 3.05) is 6.54 Å². The Labute approximate surface area is 68.4 Å². The van der Waals surface area contributed by atoms with Gasteiger partial charge in [-0.1, -0.05) is 13.3 Å². The molecule has 0 heterocycles. The number of hydrogen-bond donors (Lipinski definition) is 1. The molecule has 0 amide bonds. The zero-order valence-corrected chi connectivity index (χ0v) is 8.28. The minimum absolute atomic E-state index is 0.746. The van der Waals surface area contributed by atoms with Gasteiger partial charge in [0.2, 0.25) is 0 Å². The average Bonchev–Trinajstić information content (AvgIpc) is 1.88. The molecule has 0 aromatic rings. The Morgan fingerprint density at radius 1 is 1.36 bits per heavy atom. The van der Waals surface area contributed by atoms with Crippen LogP contribution in [0.3, 0.4) is 0 Å². The molecule has 0 aromatic heterocycles. The van der Waals surface area contributed by atoms with Crippen molar-refractivity contribution in [3.05, 3.63) is 0 Å². The molecule has 0 aliphatic carbocycles. The summed E-state index contributed by atoms with van der Waals surface area (Å²) >= 11 is 0. The van der Waals surface area contributed by atoms with Gasteiger partial charge in [-0.25, -0.2) is 9.13 Å².